The number of nitrogens with one attached hydrogen (secondary N) is 2. The number of amides is 1. The van der Waals surface area contributed by atoms with Gasteiger partial charge < -0.3 is 20.1 Å². The summed E-state index contributed by atoms with van der Waals surface area (Å²) in [5, 5.41) is 3.80. The number of nitrogens with zero attached hydrogens (tertiary/aromatic N) is 1. The molecule has 0 saturated heterocycles. The molecule has 2 N–H and O–H groups in total. The number of rotatable bonds is 8. The highest BCUT2D eigenvalue weighted by Crippen LogP contribution is 2.33. The van der Waals surface area contributed by atoms with Gasteiger partial charge in [-0.05, 0) is 50.6 Å². The summed E-state index contributed by atoms with van der Waals surface area (Å²) >= 11 is 0. The number of alkyl halides is 3. The van der Waals surface area contributed by atoms with E-state index in [0.29, 0.717) is 5.56 Å². The predicted molar refractivity (Wildman–Crippen MR) is 103 cm³/mol. The lowest BCUT2D eigenvalue weighted by molar-refractivity contribution is -0.204. The van der Waals surface area contributed by atoms with Crippen molar-refractivity contribution in [3.63, 3.8) is 0 Å². The van der Waals surface area contributed by atoms with Crippen LogP contribution in [0.3, 0.4) is 0 Å². The van der Waals surface area contributed by atoms with Crippen LogP contribution < -0.4 is 15.4 Å². The lowest BCUT2D eigenvalue weighted by atomic mass is 10.1. The van der Waals surface area contributed by atoms with Crippen molar-refractivity contribution in [2.24, 2.45) is 0 Å². The van der Waals surface area contributed by atoms with E-state index in [1.54, 1.807) is 31.3 Å². The minimum absolute atomic E-state index is 0.0751. The molecule has 7 nitrogen and oxygen atoms in total. The second kappa shape index (κ2) is 9.47. The zero-order valence-electron chi connectivity index (χ0n) is 16.7. The summed E-state index contributed by atoms with van der Waals surface area (Å²) in [4.78, 5) is 29.1. The van der Waals surface area contributed by atoms with Crippen molar-refractivity contribution in [3.05, 3.63) is 53.7 Å². The van der Waals surface area contributed by atoms with Gasteiger partial charge in [-0.15, -0.1) is 0 Å². The fraction of sp³-hybridized carbons (Fsp3) is 0.350. The Morgan fingerprint density at radius 1 is 1.10 bits per heavy atom. The van der Waals surface area contributed by atoms with E-state index in [1.807, 2.05) is 5.32 Å². The molecule has 1 amide bonds. The van der Waals surface area contributed by atoms with Gasteiger partial charge >= 0.3 is 17.8 Å². The van der Waals surface area contributed by atoms with Gasteiger partial charge in [0.2, 0.25) is 0 Å². The van der Waals surface area contributed by atoms with E-state index < -0.39 is 23.7 Å². The number of esters is 1. The second-order valence-corrected chi connectivity index (χ2v) is 6.19. The topological polar surface area (TPSA) is 89.5 Å². The molecule has 10 heteroatoms. The van der Waals surface area contributed by atoms with Crippen molar-refractivity contribution in [3.8, 4) is 5.75 Å². The van der Waals surface area contributed by atoms with Crippen LogP contribution in [0.4, 0.5) is 19.0 Å². The van der Waals surface area contributed by atoms with E-state index in [2.05, 4.69) is 9.72 Å². The van der Waals surface area contributed by atoms with E-state index >= 15 is 0 Å². The van der Waals surface area contributed by atoms with Crippen LogP contribution in [0.1, 0.15) is 29.8 Å². The van der Waals surface area contributed by atoms with Crippen molar-refractivity contribution in [2.45, 2.75) is 32.6 Å². The van der Waals surface area contributed by atoms with Crippen molar-refractivity contribution in [1.29, 1.82) is 0 Å². The molecule has 2 rings (SSSR count). The number of benzene rings is 1. The second-order valence-electron chi connectivity index (χ2n) is 6.19. The fourth-order valence-electron chi connectivity index (χ4n) is 2.60. The fourth-order valence-corrected chi connectivity index (χ4v) is 2.60. The van der Waals surface area contributed by atoms with Gasteiger partial charge in [-0.2, -0.15) is 13.2 Å². The molecular weight excluding hydrogens is 403 g/mol. The van der Waals surface area contributed by atoms with Crippen molar-refractivity contribution < 1.29 is 32.2 Å². The maximum absolute atomic E-state index is 14.2. The molecule has 0 aliphatic rings. The van der Waals surface area contributed by atoms with Gasteiger partial charge in [0.25, 0.3) is 5.91 Å². The average molecular weight is 425 g/mol. The Bertz CT molecular complexity index is 905. The maximum Gasteiger partial charge on any atom is 0.441 e. The standard InChI is InChI=1S/C20H22F3N3O4/c1-4-29-15-9-7-6-8-14(15)17(27)26-19(20(21,22)23,18(28)30-5-2)25-16-12-13(3)10-11-24-16/h6-12H,4-5H2,1-3H3,(H,24,25)(H,26,27)/t19-/m1/s1. The molecule has 2 aromatic rings. The first-order chi connectivity index (χ1) is 14.1. The van der Waals surface area contributed by atoms with Crippen LogP contribution in [-0.2, 0) is 9.53 Å². The summed E-state index contributed by atoms with van der Waals surface area (Å²) in [6.45, 7) is 4.53. The number of hydrogen-bond donors (Lipinski definition) is 2. The molecule has 0 bridgehead atoms. The smallest absolute Gasteiger partial charge is 0.441 e. The van der Waals surface area contributed by atoms with E-state index in [9.17, 15) is 22.8 Å². The maximum atomic E-state index is 14.2. The molecule has 1 heterocycles. The van der Waals surface area contributed by atoms with Crippen molar-refractivity contribution in [2.75, 3.05) is 18.5 Å². The summed E-state index contributed by atoms with van der Waals surface area (Å²) in [6, 6.07) is 8.64. The monoisotopic (exact) mass is 425 g/mol. The molecule has 0 fully saturated rings. The van der Waals surface area contributed by atoms with Gasteiger partial charge in [0.05, 0.1) is 18.8 Å². The molecule has 0 unspecified atom stereocenters. The molecule has 1 aromatic carbocycles. The van der Waals surface area contributed by atoms with Gasteiger partial charge in [0.15, 0.2) is 0 Å². The average Bonchev–Trinajstić information content (AvgIpc) is 2.67. The van der Waals surface area contributed by atoms with Gasteiger partial charge in [-0.25, -0.2) is 9.78 Å². The SMILES string of the molecule is CCOC(=O)[C@](NC(=O)c1ccccc1OCC)(Nc1cc(C)ccn1)C(F)(F)F. The highest BCUT2D eigenvalue weighted by molar-refractivity contribution is 6.01. The first-order valence-corrected chi connectivity index (χ1v) is 9.13. The Morgan fingerprint density at radius 2 is 1.80 bits per heavy atom. The lowest BCUT2D eigenvalue weighted by Gasteiger charge is -2.35. The zero-order valence-corrected chi connectivity index (χ0v) is 16.7. The van der Waals surface area contributed by atoms with Gasteiger partial charge in [-0.3, -0.25) is 4.79 Å². The highest BCUT2D eigenvalue weighted by atomic mass is 19.4. The Labute approximate surface area is 171 Å². The van der Waals surface area contributed by atoms with Gasteiger partial charge in [0, 0.05) is 6.20 Å². The molecule has 0 radical (unpaired) electrons. The summed E-state index contributed by atoms with van der Waals surface area (Å²) in [7, 11) is 0. The molecular formula is C20H22F3N3O4. The molecule has 1 aromatic heterocycles. The third kappa shape index (κ3) is 5.00. The molecule has 0 aliphatic carbocycles. The number of halogens is 3. The number of aromatic nitrogens is 1. The van der Waals surface area contributed by atoms with Crippen LogP contribution in [0.5, 0.6) is 5.75 Å². The number of ether oxygens (including phenoxy) is 2. The number of aryl methyl sites for hydroxylation is 1. The van der Waals surface area contributed by atoms with E-state index in [4.69, 9.17) is 4.74 Å². The molecule has 0 saturated carbocycles. The molecule has 162 valence electrons. The number of anilines is 1. The quantitative estimate of drug-likeness (QED) is 0.498. The van der Waals surface area contributed by atoms with Crippen molar-refractivity contribution in [1.82, 2.24) is 10.3 Å². The van der Waals surface area contributed by atoms with E-state index in [-0.39, 0.29) is 30.3 Å². The molecule has 0 spiro atoms. The molecule has 30 heavy (non-hydrogen) atoms. The summed E-state index contributed by atoms with van der Waals surface area (Å²) < 4.78 is 52.6. The summed E-state index contributed by atoms with van der Waals surface area (Å²) in [5.74, 6) is -3.09. The van der Waals surface area contributed by atoms with Crippen LogP contribution in [-0.4, -0.2) is 41.9 Å². The van der Waals surface area contributed by atoms with Crippen molar-refractivity contribution >= 4 is 17.7 Å². The largest absolute Gasteiger partial charge is 0.493 e. The van der Waals surface area contributed by atoms with Gasteiger partial charge in [-0.1, -0.05) is 12.1 Å². The van der Waals surface area contributed by atoms with Gasteiger partial charge in [0.1, 0.15) is 11.6 Å². The minimum Gasteiger partial charge on any atom is -0.493 e. The minimum atomic E-state index is -5.26. The highest BCUT2D eigenvalue weighted by Gasteiger charge is 2.64. The number of hydrogen-bond acceptors (Lipinski definition) is 6. The number of pyridine rings is 1. The summed E-state index contributed by atoms with van der Waals surface area (Å²) in [5.41, 5.74) is -3.14. The third-order valence-electron chi connectivity index (χ3n) is 3.97. The Morgan fingerprint density at radius 3 is 2.40 bits per heavy atom. The van der Waals surface area contributed by atoms with Crippen LogP contribution in [0.15, 0.2) is 42.6 Å². The van der Waals surface area contributed by atoms with Crippen LogP contribution in [0.2, 0.25) is 0 Å². The summed E-state index contributed by atoms with van der Waals surface area (Å²) in [6.07, 6.45) is -3.99. The number of carbonyl (C=O) groups is 2. The lowest BCUT2D eigenvalue weighted by Crippen LogP contribution is -2.69. The Balaban J connectivity index is 2.54. The van der Waals surface area contributed by atoms with Crippen LogP contribution in [0.25, 0.3) is 0 Å². The van der Waals surface area contributed by atoms with Crippen LogP contribution >= 0.6 is 0 Å². The first-order valence-electron chi connectivity index (χ1n) is 9.13. The third-order valence-corrected chi connectivity index (χ3v) is 3.97. The Hall–Kier alpha value is -3.30. The first kappa shape index (κ1) is 23.0. The Kier molecular flexibility index (Phi) is 7.25. The zero-order chi connectivity index (χ0) is 22.4. The number of para-hydroxylation sites is 1. The molecule has 0 aliphatic heterocycles. The van der Waals surface area contributed by atoms with E-state index in [1.165, 1.54) is 37.4 Å². The van der Waals surface area contributed by atoms with E-state index in [0.717, 1.165) is 0 Å². The molecule has 1 atom stereocenters. The predicted octanol–water partition coefficient (Wildman–Crippen LogP) is 3.45. The van der Waals surface area contributed by atoms with Crippen LogP contribution in [0, 0.1) is 6.92 Å². The normalized spacial score (nSPS) is 13.1. The number of carbonyl (C=O) groups excluding carboxylic acids is 2.